The fraction of sp³-hybridized carbons (Fsp3) is 0.400. The molecule has 0 aromatic carbocycles. The SMILES string of the molecule is Cc1cc(NCC(F)(F)C(F)F)c(C(=O)O)cn1. The number of hydrogen-bond acceptors (Lipinski definition) is 3. The molecule has 0 bridgehead atoms. The van der Waals surface area contributed by atoms with Gasteiger partial charge in [-0.1, -0.05) is 0 Å². The number of anilines is 1. The van der Waals surface area contributed by atoms with Gasteiger partial charge in [0.1, 0.15) is 5.56 Å². The molecule has 0 spiro atoms. The third-order valence-electron chi connectivity index (χ3n) is 2.10. The van der Waals surface area contributed by atoms with Crippen LogP contribution < -0.4 is 5.32 Å². The van der Waals surface area contributed by atoms with Crippen LogP contribution in [0.25, 0.3) is 0 Å². The fourth-order valence-electron chi connectivity index (χ4n) is 1.17. The van der Waals surface area contributed by atoms with Crippen molar-refractivity contribution in [2.45, 2.75) is 19.3 Å². The number of carboxylic acids is 1. The van der Waals surface area contributed by atoms with Crippen LogP contribution in [0.3, 0.4) is 0 Å². The van der Waals surface area contributed by atoms with Crippen molar-refractivity contribution in [1.82, 2.24) is 4.98 Å². The Kier molecular flexibility index (Phi) is 4.10. The summed E-state index contributed by atoms with van der Waals surface area (Å²) in [6.45, 7) is 0.163. The molecule has 0 unspecified atom stereocenters. The highest BCUT2D eigenvalue weighted by atomic mass is 19.3. The summed E-state index contributed by atoms with van der Waals surface area (Å²) in [6.07, 6.45) is -2.85. The molecule has 1 aromatic heterocycles. The number of aromatic carboxylic acids is 1. The first-order chi connectivity index (χ1) is 8.24. The highest BCUT2D eigenvalue weighted by Gasteiger charge is 2.40. The zero-order chi connectivity index (χ0) is 13.9. The van der Waals surface area contributed by atoms with Gasteiger partial charge in [-0.15, -0.1) is 0 Å². The summed E-state index contributed by atoms with van der Waals surface area (Å²) in [6, 6.07) is 1.20. The predicted octanol–water partition coefficient (Wildman–Crippen LogP) is 2.40. The first kappa shape index (κ1) is 14.2. The van der Waals surface area contributed by atoms with Gasteiger partial charge in [-0.25, -0.2) is 13.6 Å². The Hall–Kier alpha value is -1.86. The van der Waals surface area contributed by atoms with E-state index in [0.717, 1.165) is 6.20 Å². The zero-order valence-electron chi connectivity index (χ0n) is 9.25. The number of nitrogens with one attached hydrogen (secondary N) is 1. The second-order valence-electron chi connectivity index (χ2n) is 3.59. The molecule has 0 saturated carbocycles. The zero-order valence-corrected chi connectivity index (χ0v) is 9.25. The third-order valence-corrected chi connectivity index (χ3v) is 2.10. The van der Waals surface area contributed by atoms with Crippen LogP contribution in [0, 0.1) is 6.92 Å². The Labute approximate surface area is 99.6 Å². The highest BCUT2D eigenvalue weighted by Crippen LogP contribution is 2.24. The van der Waals surface area contributed by atoms with E-state index >= 15 is 0 Å². The molecule has 0 radical (unpaired) electrons. The average Bonchev–Trinajstić information content (AvgIpc) is 2.26. The van der Waals surface area contributed by atoms with Crippen molar-refractivity contribution < 1.29 is 27.5 Å². The quantitative estimate of drug-likeness (QED) is 0.803. The number of nitrogens with zero attached hydrogens (tertiary/aromatic N) is 1. The Morgan fingerprint density at radius 1 is 1.56 bits per heavy atom. The lowest BCUT2D eigenvalue weighted by Gasteiger charge is -2.17. The van der Waals surface area contributed by atoms with Gasteiger partial charge < -0.3 is 10.4 Å². The highest BCUT2D eigenvalue weighted by molar-refractivity contribution is 5.93. The van der Waals surface area contributed by atoms with Crippen LogP contribution in [0.2, 0.25) is 0 Å². The van der Waals surface area contributed by atoms with Crippen LogP contribution in [-0.4, -0.2) is 35.0 Å². The van der Waals surface area contributed by atoms with Gasteiger partial charge in [-0.05, 0) is 13.0 Å². The average molecular weight is 266 g/mol. The molecule has 1 rings (SSSR count). The van der Waals surface area contributed by atoms with Gasteiger partial charge in [-0.3, -0.25) is 4.98 Å². The van der Waals surface area contributed by atoms with E-state index in [1.165, 1.54) is 13.0 Å². The molecule has 100 valence electrons. The van der Waals surface area contributed by atoms with E-state index in [4.69, 9.17) is 5.11 Å². The lowest BCUT2D eigenvalue weighted by molar-refractivity contribution is -0.117. The lowest BCUT2D eigenvalue weighted by Crippen LogP contribution is -2.35. The Balaban J connectivity index is 2.90. The summed E-state index contributed by atoms with van der Waals surface area (Å²) < 4.78 is 49.2. The summed E-state index contributed by atoms with van der Waals surface area (Å²) in [5.74, 6) is -5.61. The number of aromatic nitrogens is 1. The van der Waals surface area contributed by atoms with E-state index in [1.807, 2.05) is 5.32 Å². The minimum absolute atomic E-state index is 0.171. The molecule has 8 heteroatoms. The summed E-state index contributed by atoms with van der Waals surface area (Å²) in [4.78, 5) is 14.5. The van der Waals surface area contributed by atoms with Crippen molar-refractivity contribution in [3.8, 4) is 0 Å². The number of pyridine rings is 1. The fourth-order valence-corrected chi connectivity index (χ4v) is 1.17. The number of halogens is 4. The van der Waals surface area contributed by atoms with Crippen molar-refractivity contribution in [3.05, 3.63) is 23.5 Å². The summed E-state index contributed by atoms with van der Waals surface area (Å²) >= 11 is 0. The maximum Gasteiger partial charge on any atom is 0.339 e. The molecule has 0 atom stereocenters. The molecule has 0 aliphatic heterocycles. The van der Waals surface area contributed by atoms with Crippen LogP contribution in [0.1, 0.15) is 16.1 Å². The number of rotatable bonds is 5. The number of aryl methyl sites for hydroxylation is 1. The maximum atomic E-state index is 12.7. The van der Waals surface area contributed by atoms with Crippen molar-refractivity contribution in [3.63, 3.8) is 0 Å². The van der Waals surface area contributed by atoms with Crippen LogP contribution in [0.15, 0.2) is 12.3 Å². The van der Waals surface area contributed by atoms with E-state index in [1.54, 1.807) is 0 Å². The second-order valence-corrected chi connectivity index (χ2v) is 3.59. The predicted molar refractivity (Wildman–Crippen MR) is 55.4 cm³/mol. The van der Waals surface area contributed by atoms with Gasteiger partial charge in [0.2, 0.25) is 0 Å². The molecular formula is C10H10F4N2O2. The Morgan fingerprint density at radius 2 is 2.17 bits per heavy atom. The molecule has 0 aliphatic rings. The largest absolute Gasteiger partial charge is 0.478 e. The van der Waals surface area contributed by atoms with Crippen LogP contribution in [0.5, 0.6) is 0 Å². The van der Waals surface area contributed by atoms with Gasteiger partial charge in [0.05, 0.1) is 12.2 Å². The summed E-state index contributed by atoms with van der Waals surface area (Å²) in [5.41, 5.74) is -0.149. The van der Waals surface area contributed by atoms with Crippen molar-refractivity contribution >= 4 is 11.7 Å². The van der Waals surface area contributed by atoms with Gasteiger partial charge in [0.25, 0.3) is 0 Å². The number of hydrogen-bond donors (Lipinski definition) is 2. The summed E-state index contributed by atoms with van der Waals surface area (Å²) in [5, 5.41) is 10.8. The minimum Gasteiger partial charge on any atom is -0.478 e. The van der Waals surface area contributed by atoms with E-state index in [-0.39, 0.29) is 11.3 Å². The molecule has 1 aromatic rings. The standard InChI is InChI=1S/C10H10F4N2O2/c1-5-2-7(6(3-15-5)8(17)18)16-4-10(13,14)9(11)12/h2-3,9H,4H2,1H3,(H,15,16)(H,17,18). The van der Waals surface area contributed by atoms with Gasteiger partial charge in [0, 0.05) is 11.9 Å². The van der Waals surface area contributed by atoms with E-state index in [0.29, 0.717) is 5.69 Å². The number of alkyl halides is 4. The summed E-state index contributed by atoms with van der Waals surface area (Å²) in [7, 11) is 0. The smallest absolute Gasteiger partial charge is 0.339 e. The first-order valence-electron chi connectivity index (χ1n) is 4.84. The van der Waals surface area contributed by atoms with Crippen molar-refractivity contribution in [2.24, 2.45) is 0 Å². The van der Waals surface area contributed by atoms with Gasteiger partial charge >= 0.3 is 18.3 Å². The van der Waals surface area contributed by atoms with Crippen molar-refractivity contribution in [2.75, 3.05) is 11.9 Å². The lowest BCUT2D eigenvalue weighted by atomic mass is 10.2. The number of carboxylic acid groups (broad SMARTS) is 1. The number of carbonyl (C=O) groups is 1. The minimum atomic E-state index is -4.23. The normalized spacial score (nSPS) is 11.7. The van der Waals surface area contributed by atoms with E-state index < -0.39 is 24.9 Å². The van der Waals surface area contributed by atoms with Crippen molar-refractivity contribution in [1.29, 1.82) is 0 Å². The monoisotopic (exact) mass is 266 g/mol. The molecule has 2 N–H and O–H groups in total. The molecule has 0 aliphatic carbocycles. The van der Waals surface area contributed by atoms with Gasteiger partial charge in [0.15, 0.2) is 0 Å². The Morgan fingerprint density at radius 3 is 2.67 bits per heavy atom. The molecular weight excluding hydrogens is 256 g/mol. The van der Waals surface area contributed by atoms with Crippen LogP contribution in [0.4, 0.5) is 23.2 Å². The molecule has 1 heterocycles. The molecule has 4 nitrogen and oxygen atoms in total. The van der Waals surface area contributed by atoms with Gasteiger partial charge in [-0.2, -0.15) is 8.78 Å². The molecule has 18 heavy (non-hydrogen) atoms. The van der Waals surface area contributed by atoms with E-state index in [9.17, 15) is 22.4 Å². The molecule has 0 saturated heterocycles. The maximum absolute atomic E-state index is 12.7. The molecule has 0 amide bonds. The van der Waals surface area contributed by atoms with E-state index in [2.05, 4.69) is 4.98 Å². The molecule has 0 fully saturated rings. The topological polar surface area (TPSA) is 62.2 Å². The third kappa shape index (κ3) is 3.31. The van der Waals surface area contributed by atoms with Crippen LogP contribution in [-0.2, 0) is 0 Å². The Bertz CT molecular complexity index is 452. The first-order valence-corrected chi connectivity index (χ1v) is 4.84. The second kappa shape index (κ2) is 5.19. The van der Waals surface area contributed by atoms with Crippen LogP contribution >= 0.6 is 0 Å².